The minimum Gasteiger partial charge on any atom is -0.855 e. The first-order chi connectivity index (χ1) is 3.83. The van der Waals surface area contributed by atoms with E-state index in [2.05, 4.69) is 6.92 Å². The fraction of sp³-hybridized carbons (Fsp3) is 1.00. The van der Waals surface area contributed by atoms with Crippen LogP contribution in [-0.4, -0.2) is 28.3 Å². The van der Waals surface area contributed by atoms with Crippen LogP contribution in [0.2, 0.25) is 4.55 Å². The fourth-order valence-corrected chi connectivity index (χ4v) is 0.750. The Labute approximate surface area is 64.9 Å². The summed E-state index contributed by atoms with van der Waals surface area (Å²) in [7, 11) is 0. The maximum atomic E-state index is 8.93. The summed E-state index contributed by atoms with van der Waals surface area (Å²) in [6.07, 6.45) is 2.75. The Hall–Kier alpha value is 0.726. The van der Waals surface area contributed by atoms with E-state index in [0.717, 1.165) is 0 Å². The van der Waals surface area contributed by atoms with Crippen LogP contribution in [0, 0.1) is 0 Å². The molecule has 0 amide bonds. The van der Waals surface area contributed by atoms with Crippen molar-refractivity contribution >= 4 is 21.7 Å². The second-order valence-corrected chi connectivity index (χ2v) is 2.20. The molecule has 46 valence electrons. The van der Waals surface area contributed by atoms with Crippen LogP contribution in [0.5, 0.6) is 0 Å². The minimum absolute atomic E-state index is 0. The first-order valence-corrected chi connectivity index (χ1v) is 4.20. The third kappa shape index (κ3) is 29.7. The molecule has 1 nitrogen and oxygen atoms in total. The van der Waals surface area contributed by atoms with E-state index in [1.54, 1.807) is 6.92 Å². The Morgan fingerprint density at radius 2 is 1.75 bits per heavy atom. The van der Waals surface area contributed by atoms with Crippen molar-refractivity contribution in [2.75, 3.05) is 6.61 Å². The van der Waals surface area contributed by atoms with Gasteiger partial charge in [-0.2, -0.15) is 0 Å². The van der Waals surface area contributed by atoms with Gasteiger partial charge in [0.2, 0.25) is 0 Å². The molecule has 0 aromatic carbocycles. The van der Waals surface area contributed by atoms with Crippen LogP contribution >= 0.6 is 0 Å². The minimum atomic E-state index is 0. The van der Waals surface area contributed by atoms with E-state index in [9.17, 15) is 0 Å². The summed E-state index contributed by atoms with van der Waals surface area (Å²) >= 11 is 2.05. The normalized spacial score (nSPS) is 7.62. The van der Waals surface area contributed by atoms with Gasteiger partial charge in [-0.15, -0.1) is 6.61 Å². The van der Waals surface area contributed by atoms with Gasteiger partial charge in [-0.25, -0.2) is 0 Å². The van der Waals surface area contributed by atoms with Crippen LogP contribution in [-0.2, 0) is 0 Å². The van der Waals surface area contributed by atoms with Crippen molar-refractivity contribution in [1.82, 2.24) is 0 Å². The van der Waals surface area contributed by atoms with Crippen molar-refractivity contribution in [2.24, 2.45) is 0 Å². The first kappa shape index (κ1) is 11.5. The molecule has 0 atom stereocenters. The molecule has 8 heavy (non-hydrogen) atoms. The predicted octanol–water partition coefficient (Wildman–Crippen LogP) is 0.740. The molecule has 0 rings (SSSR count). The van der Waals surface area contributed by atoms with Crippen LogP contribution < -0.4 is 5.11 Å². The van der Waals surface area contributed by atoms with Crippen molar-refractivity contribution in [3.63, 3.8) is 0 Å². The van der Waals surface area contributed by atoms with Gasteiger partial charge in [0.15, 0.2) is 0 Å². The van der Waals surface area contributed by atoms with Crippen LogP contribution in [0.15, 0.2) is 0 Å². The average molecular weight is 126 g/mol. The summed E-state index contributed by atoms with van der Waals surface area (Å²) in [5, 5.41) is 8.93. The van der Waals surface area contributed by atoms with Gasteiger partial charge >= 0.3 is 46.0 Å². The SMILES string of the molecule is CCC[CH2][Mg+].CC[O-]. The zero-order valence-electron chi connectivity index (χ0n) is 5.94. The van der Waals surface area contributed by atoms with Crippen molar-refractivity contribution in [1.29, 1.82) is 0 Å². The van der Waals surface area contributed by atoms with E-state index >= 15 is 0 Å². The van der Waals surface area contributed by atoms with Crippen LogP contribution in [0.1, 0.15) is 26.7 Å². The van der Waals surface area contributed by atoms with E-state index in [0.29, 0.717) is 0 Å². The van der Waals surface area contributed by atoms with E-state index < -0.39 is 0 Å². The number of unbranched alkanes of at least 4 members (excludes halogenated alkanes) is 1. The van der Waals surface area contributed by atoms with Gasteiger partial charge in [-0.05, 0) is 0 Å². The molecule has 0 unspecified atom stereocenters. The summed E-state index contributed by atoms with van der Waals surface area (Å²) in [4.78, 5) is 0. The molecular weight excluding hydrogens is 112 g/mol. The number of hydrogen-bond acceptors (Lipinski definition) is 1. The molecule has 0 aromatic heterocycles. The maximum absolute atomic E-state index is 8.93. The Morgan fingerprint density at radius 1 is 1.38 bits per heavy atom. The summed E-state index contributed by atoms with van der Waals surface area (Å²) in [5.74, 6) is 0. The molecule has 2 heteroatoms. The topological polar surface area (TPSA) is 23.1 Å². The quantitative estimate of drug-likeness (QED) is 0.501. The molecule has 0 saturated heterocycles. The molecule has 0 bridgehead atoms. The molecule has 0 aliphatic heterocycles. The van der Waals surface area contributed by atoms with Gasteiger partial charge in [-0.1, -0.05) is 6.92 Å². The smallest absolute Gasteiger partial charge is 0.0809 e. The first-order valence-electron chi connectivity index (χ1n) is 3.20. The molecule has 0 saturated carbocycles. The average Bonchev–Trinajstić information content (AvgIpc) is 1.71. The third-order valence-electron chi connectivity index (χ3n) is 0.604. The summed E-state index contributed by atoms with van der Waals surface area (Å²) in [5.41, 5.74) is 0. The Kier molecular flexibility index (Phi) is 22.5. The fourth-order valence-electron chi connectivity index (χ4n) is 0.250. The molecule has 0 radical (unpaired) electrons. The van der Waals surface area contributed by atoms with Gasteiger partial charge in [0.1, 0.15) is 0 Å². The zero-order chi connectivity index (χ0) is 6.83. The molecule has 0 aromatic rings. The Bertz CT molecular complexity index is 22.5. The van der Waals surface area contributed by atoms with Gasteiger partial charge < -0.3 is 5.11 Å². The number of hydrogen-bond donors (Lipinski definition) is 0. The Morgan fingerprint density at radius 3 is 1.75 bits per heavy atom. The molecule has 0 heterocycles. The molecular formula is C6H14MgO. The third-order valence-corrected chi connectivity index (χ3v) is 1.10. The predicted molar refractivity (Wildman–Crippen MR) is 36.0 cm³/mol. The largest absolute Gasteiger partial charge is 0.855 e. The van der Waals surface area contributed by atoms with Crippen molar-refractivity contribution in [2.45, 2.75) is 31.2 Å². The van der Waals surface area contributed by atoms with E-state index in [4.69, 9.17) is 5.11 Å². The zero-order valence-corrected chi connectivity index (χ0v) is 7.36. The van der Waals surface area contributed by atoms with Gasteiger partial charge in [0.25, 0.3) is 0 Å². The summed E-state index contributed by atoms with van der Waals surface area (Å²) in [6, 6.07) is 0. The van der Waals surface area contributed by atoms with Crippen molar-refractivity contribution in [3.05, 3.63) is 0 Å². The van der Waals surface area contributed by atoms with Crippen molar-refractivity contribution < 1.29 is 5.11 Å². The van der Waals surface area contributed by atoms with E-state index in [1.165, 1.54) is 17.4 Å². The van der Waals surface area contributed by atoms with E-state index in [-0.39, 0.29) is 6.61 Å². The van der Waals surface area contributed by atoms with Crippen molar-refractivity contribution in [3.8, 4) is 0 Å². The Balaban J connectivity index is 0. The van der Waals surface area contributed by atoms with Gasteiger partial charge in [0.05, 0.1) is 0 Å². The van der Waals surface area contributed by atoms with Gasteiger partial charge in [0, 0.05) is 0 Å². The summed E-state index contributed by atoms with van der Waals surface area (Å²) in [6.45, 7) is 3.79. The second-order valence-electron chi connectivity index (χ2n) is 1.50. The molecule has 0 N–H and O–H groups in total. The molecule has 0 aliphatic rings. The summed E-state index contributed by atoms with van der Waals surface area (Å²) < 4.78 is 1.37. The number of rotatable bonds is 2. The second kappa shape index (κ2) is 15.6. The van der Waals surface area contributed by atoms with E-state index in [1.807, 2.05) is 21.7 Å². The van der Waals surface area contributed by atoms with Crippen LogP contribution in [0.4, 0.5) is 0 Å². The van der Waals surface area contributed by atoms with Crippen LogP contribution in [0.3, 0.4) is 0 Å². The molecule has 0 fully saturated rings. The standard InChI is InChI=1S/C4H9.C2H5O.Mg/c1-3-4-2;1-2-3;/h1,3-4H2,2H3;2H2,1H3;/q;-1;+1. The van der Waals surface area contributed by atoms with Crippen LogP contribution in [0.25, 0.3) is 0 Å². The van der Waals surface area contributed by atoms with Gasteiger partial charge in [-0.3, -0.25) is 0 Å². The molecule has 0 spiro atoms. The molecule has 0 aliphatic carbocycles. The maximum Gasteiger partial charge on any atom is -0.0809 e. The monoisotopic (exact) mass is 126 g/mol.